The molecular weight excluding hydrogens is 625 g/mol. The number of nitrogens with zero attached hydrogens (tertiary/aromatic N) is 6. The topological polar surface area (TPSA) is 152 Å². The normalized spacial score (nSPS) is 21.6. The highest BCUT2D eigenvalue weighted by Gasteiger charge is 2.39. The lowest BCUT2D eigenvalue weighted by molar-refractivity contribution is 0.0226. The number of hydrogen-bond acceptors (Lipinski definition) is 8. The largest absolute Gasteiger partial charge is 0.388 e. The van der Waals surface area contributed by atoms with Crippen LogP contribution in [0.1, 0.15) is 37.0 Å². The van der Waals surface area contributed by atoms with Crippen LogP contribution in [0.3, 0.4) is 0 Å². The van der Waals surface area contributed by atoms with Crippen molar-refractivity contribution in [2.45, 2.75) is 48.4 Å². The Morgan fingerprint density at radius 2 is 1.81 bits per heavy atom. The maximum absolute atomic E-state index is 15.8. The number of rotatable bonds is 3. The van der Waals surface area contributed by atoms with Gasteiger partial charge in [0.05, 0.1) is 51.0 Å². The van der Waals surface area contributed by atoms with Gasteiger partial charge in [0.25, 0.3) is 10.0 Å². The minimum atomic E-state index is -4.40. The zero-order valence-electron chi connectivity index (χ0n) is 25.6. The molecule has 6 heterocycles. The standard InChI is InChI=1S/C33H32FN7O5S/c1-38-17-22(31(34)37-38)29-27-19-10-8-18(9-11-19)25(42)12-13-46-26-15-20(14-23(26)35)40-30-24(39(2)33(40)43)16-36-32(28(27)30)41(29)47(44,45)21-6-4-3-5-7-21/h3-11,16-17,20,23,25-26,42H,12-15,35H2,1-2H3/t20-,23-,25?,26+/m0/s1. The maximum Gasteiger partial charge on any atom is 0.329 e. The van der Waals surface area contributed by atoms with Gasteiger partial charge < -0.3 is 15.6 Å². The maximum atomic E-state index is 15.8. The Labute approximate surface area is 268 Å². The van der Waals surface area contributed by atoms with E-state index in [1.807, 2.05) is 0 Å². The van der Waals surface area contributed by atoms with Crippen LogP contribution in [0.4, 0.5) is 4.39 Å². The third kappa shape index (κ3) is 4.43. The Bertz CT molecular complexity index is 2360. The third-order valence-corrected chi connectivity index (χ3v) is 11.2. The van der Waals surface area contributed by atoms with Crippen molar-refractivity contribution in [2.24, 2.45) is 19.8 Å². The van der Waals surface area contributed by atoms with Gasteiger partial charge in [-0.3, -0.25) is 13.8 Å². The van der Waals surface area contributed by atoms with E-state index in [-0.39, 0.29) is 52.3 Å². The van der Waals surface area contributed by atoms with Crippen LogP contribution in [0.5, 0.6) is 0 Å². The van der Waals surface area contributed by atoms with Crippen LogP contribution < -0.4 is 11.4 Å². The molecule has 47 heavy (non-hydrogen) atoms. The molecule has 0 saturated heterocycles. The highest BCUT2D eigenvalue weighted by Crippen LogP contribution is 2.46. The number of hydrogen-bond donors (Lipinski definition) is 2. The van der Waals surface area contributed by atoms with Gasteiger partial charge in [-0.05, 0) is 36.1 Å². The molecule has 0 radical (unpaired) electrons. The third-order valence-electron chi connectivity index (χ3n) is 9.51. The first-order valence-electron chi connectivity index (χ1n) is 15.4. The van der Waals surface area contributed by atoms with Crippen LogP contribution >= 0.6 is 0 Å². The van der Waals surface area contributed by atoms with E-state index in [1.54, 1.807) is 61.1 Å². The molecule has 3 N–H and O–H groups in total. The Morgan fingerprint density at radius 3 is 2.51 bits per heavy atom. The van der Waals surface area contributed by atoms with E-state index in [0.717, 1.165) is 3.97 Å². The zero-order chi connectivity index (χ0) is 32.8. The molecule has 4 bridgehead atoms. The lowest BCUT2D eigenvalue weighted by atomic mass is 9.97. The fraction of sp³-hybridized carbons (Fsp3) is 0.303. The Balaban J connectivity index is 1.60. The fourth-order valence-electron chi connectivity index (χ4n) is 7.23. The van der Waals surface area contributed by atoms with Gasteiger partial charge in [-0.1, -0.05) is 42.5 Å². The number of halogens is 1. The van der Waals surface area contributed by atoms with E-state index in [9.17, 15) is 18.3 Å². The smallest absolute Gasteiger partial charge is 0.329 e. The Hall–Kier alpha value is -4.63. The molecule has 0 amide bonds. The molecule has 2 aromatic carbocycles. The van der Waals surface area contributed by atoms with Gasteiger partial charge >= 0.3 is 5.69 Å². The predicted octanol–water partition coefficient (Wildman–Crippen LogP) is 3.62. The summed E-state index contributed by atoms with van der Waals surface area (Å²) in [6, 6.07) is 14.1. The Morgan fingerprint density at radius 1 is 1.06 bits per heavy atom. The van der Waals surface area contributed by atoms with Crippen molar-refractivity contribution in [3.05, 3.63) is 89.0 Å². The number of nitrogens with two attached hydrogens (primary N) is 1. The van der Waals surface area contributed by atoms with Crippen LogP contribution in [0.25, 0.3) is 44.5 Å². The van der Waals surface area contributed by atoms with Gasteiger partial charge in [-0.25, -0.2) is 22.2 Å². The van der Waals surface area contributed by atoms with E-state index in [4.69, 9.17) is 10.5 Å². The van der Waals surface area contributed by atoms with Crippen LogP contribution in [0.15, 0.2) is 76.7 Å². The lowest BCUT2D eigenvalue weighted by Crippen LogP contribution is -2.31. The molecular formula is C33H32FN7O5S. The first-order valence-corrected chi connectivity index (χ1v) is 16.8. The minimum Gasteiger partial charge on any atom is -0.388 e. The van der Waals surface area contributed by atoms with Crippen LogP contribution in [-0.4, -0.2) is 60.1 Å². The average molecular weight is 658 g/mol. The summed E-state index contributed by atoms with van der Waals surface area (Å²) in [7, 11) is -1.21. The zero-order valence-corrected chi connectivity index (χ0v) is 26.4. The number of benzene rings is 2. The first-order chi connectivity index (χ1) is 22.6. The predicted molar refractivity (Wildman–Crippen MR) is 173 cm³/mol. The number of ether oxygens (including phenoxy) is 1. The van der Waals surface area contributed by atoms with E-state index in [1.165, 1.54) is 33.8 Å². The number of aryl methyl sites for hydroxylation is 2. The van der Waals surface area contributed by atoms with Crippen LogP contribution in [-0.2, 0) is 28.9 Å². The van der Waals surface area contributed by atoms with E-state index < -0.39 is 22.1 Å². The quantitative estimate of drug-likeness (QED) is 0.293. The number of imidazole rings is 1. The molecule has 6 aromatic rings. The number of aliphatic hydroxyl groups is 1. The molecule has 4 aromatic heterocycles. The summed E-state index contributed by atoms with van der Waals surface area (Å²) in [6.45, 7) is 0.277. The fourth-order valence-corrected chi connectivity index (χ4v) is 8.74. The molecule has 1 saturated carbocycles. The number of pyridine rings is 1. The summed E-state index contributed by atoms with van der Waals surface area (Å²) in [5, 5.41) is 15.3. The van der Waals surface area contributed by atoms with Crippen molar-refractivity contribution in [1.82, 2.24) is 27.9 Å². The number of aliphatic hydroxyl groups excluding tert-OH is 1. The van der Waals surface area contributed by atoms with E-state index in [2.05, 4.69) is 10.1 Å². The molecule has 9 rings (SSSR count). The summed E-state index contributed by atoms with van der Waals surface area (Å²) < 4.78 is 56.8. The molecule has 1 aliphatic carbocycles. The summed E-state index contributed by atoms with van der Waals surface area (Å²) in [5.41, 5.74) is 8.68. The van der Waals surface area contributed by atoms with Crippen molar-refractivity contribution < 1.29 is 22.7 Å². The lowest BCUT2D eigenvalue weighted by Gasteiger charge is -2.18. The molecule has 242 valence electrons. The molecule has 3 aliphatic rings. The van der Waals surface area contributed by atoms with Crippen molar-refractivity contribution in [2.75, 3.05) is 6.61 Å². The van der Waals surface area contributed by atoms with Gasteiger partial charge in [0.1, 0.15) is 0 Å². The van der Waals surface area contributed by atoms with Crippen molar-refractivity contribution in [3.8, 4) is 22.4 Å². The van der Waals surface area contributed by atoms with Gasteiger partial charge in [0.2, 0.25) is 5.95 Å². The second-order valence-electron chi connectivity index (χ2n) is 12.3. The van der Waals surface area contributed by atoms with Crippen LogP contribution in [0, 0.1) is 5.95 Å². The second kappa shape index (κ2) is 10.7. The SMILES string of the molecule is Cn1cc(-c2c3c4c(ncc5c4n(c(=O)n5C)[C@H]4C[C@H](N)[C@@H](C4)OCCC(O)c4ccc-3cc4)n2S(=O)(=O)c2ccccc2)c(F)n1. The summed E-state index contributed by atoms with van der Waals surface area (Å²) in [6.07, 6.45) is 2.93. The summed E-state index contributed by atoms with van der Waals surface area (Å²) in [5.74, 6) is -0.873. The van der Waals surface area contributed by atoms with Gasteiger partial charge in [0.15, 0.2) is 5.65 Å². The van der Waals surface area contributed by atoms with Crippen LogP contribution in [0.2, 0.25) is 0 Å². The molecule has 1 fully saturated rings. The second-order valence-corrected chi connectivity index (χ2v) is 14.1. The van der Waals surface area contributed by atoms with Gasteiger partial charge in [-0.15, -0.1) is 5.10 Å². The highest BCUT2D eigenvalue weighted by molar-refractivity contribution is 7.90. The van der Waals surface area contributed by atoms with Crippen molar-refractivity contribution >= 4 is 32.1 Å². The van der Waals surface area contributed by atoms with E-state index in [0.29, 0.717) is 52.4 Å². The van der Waals surface area contributed by atoms with E-state index >= 15 is 4.39 Å². The minimum absolute atomic E-state index is 0.0132. The monoisotopic (exact) mass is 657 g/mol. The van der Waals surface area contributed by atoms with Gasteiger partial charge in [-0.2, -0.15) is 4.39 Å². The molecule has 1 unspecified atom stereocenters. The first kappa shape index (κ1) is 29.8. The average Bonchev–Trinajstić information content (AvgIpc) is 3.77. The number of aromatic nitrogens is 6. The molecule has 0 spiro atoms. The Kier molecular flexibility index (Phi) is 6.77. The summed E-state index contributed by atoms with van der Waals surface area (Å²) >= 11 is 0. The van der Waals surface area contributed by atoms with Gasteiger partial charge in [0, 0.05) is 51.0 Å². The molecule has 12 nitrogen and oxygen atoms in total. The van der Waals surface area contributed by atoms with Crippen molar-refractivity contribution in [3.63, 3.8) is 0 Å². The van der Waals surface area contributed by atoms with Crippen molar-refractivity contribution in [1.29, 1.82) is 0 Å². The summed E-state index contributed by atoms with van der Waals surface area (Å²) in [4.78, 5) is 18.7. The molecule has 14 heteroatoms. The molecule has 4 atom stereocenters. The number of fused-ring (bicyclic) bond motifs is 5. The molecule has 2 aliphatic heterocycles. The highest BCUT2D eigenvalue weighted by atomic mass is 32.2.